The molecule has 7 aromatic heterocycles. The number of hydrogen-bond acceptors (Lipinski definition) is 22. The number of nitrogens with one attached hydrogen (secondary N) is 4. The molecule has 0 saturated carbocycles. The Morgan fingerprint density at radius 3 is 2.33 bits per heavy atom. The molecule has 9 rings (SSSR count). The number of aryl methyl sites for hydroxylation is 4. The second-order valence-electron chi connectivity index (χ2n) is 20.3. The number of nitrogen functional groups attached to an aromatic ring is 1. The number of nitrogens with zero attached hydrogens (tertiary/aromatic N) is 13. The first kappa shape index (κ1) is 63.7. The highest BCUT2D eigenvalue weighted by molar-refractivity contribution is 6.35. The summed E-state index contributed by atoms with van der Waals surface area (Å²) >= 11 is 6.69. The van der Waals surface area contributed by atoms with Gasteiger partial charge in [-0.2, -0.15) is 4.98 Å². The van der Waals surface area contributed by atoms with Crippen molar-refractivity contribution < 1.29 is 46.8 Å². The Balaban J connectivity index is 0.574. The lowest BCUT2D eigenvalue weighted by Gasteiger charge is -2.20. The number of ether oxygens (including phenoxy) is 4. The first-order valence-electron chi connectivity index (χ1n) is 28.6. The van der Waals surface area contributed by atoms with Crippen molar-refractivity contribution >= 4 is 68.7 Å². The summed E-state index contributed by atoms with van der Waals surface area (Å²) in [7, 11) is 0. The molecule has 0 bridgehead atoms. The molecule has 464 valence electrons. The van der Waals surface area contributed by atoms with Crippen molar-refractivity contribution in [3.63, 3.8) is 0 Å². The molecule has 0 spiro atoms. The van der Waals surface area contributed by atoms with Crippen LogP contribution in [-0.2, 0) is 51.4 Å². The fourth-order valence-electron chi connectivity index (χ4n) is 9.07. The van der Waals surface area contributed by atoms with Crippen LogP contribution in [0.25, 0.3) is 38.3 Å². The number of benzene rings is 2. The van der Waals surface area contributed by atoms with Crippen LogP contribution in [0.1, 0.15) is 96.3 Å². The molecular formula is C59H63ClF2N18O9. The van der Waals surface area contributed by atoms with Crippen LogP contribution in [0, 0.1) is 25.1 Å². The van der Waals surface area contributed by atoms with Crippen LogP contribution in [0.4, 0.5) is 31.8 Å². The number of nitrogens with two attached hydrogens (primary N) is 1. The highest BCUT2D eigenvalue weighted by Crippen LogP contribution is 2.37. The largest absolute Gasteiger partial charge is 0.480 e. The standard InChI is InChI=1S/C59H63ClF2N18O9/c1-34(42-27-39(64-3)14-15-43(42)61)70-52-49(60)35(2)69-46-28-44(62)50(73-51(46)52)37-29-67-59(68-30-37)88-21-7-4-6-19-80-33-40(76-79-80)9-5-8-20-85-23-25-87-26-24-86-22-18-48-78-77-47(89-48)17-16-45(57(83)84)72-55(81)36-10-12-38(13-11-36)65-31-41-32-66-54-53(71-41)56(82)75-58(63)74-54/h10-15,27-30,32-34,45,65H,4-9,16-26,31H2,1-2H3,(H,69,70)(H,72,81)(H,83,84)(H3,63,66,74,75,82)/t34-,45+/m1/s1. The van der Waals surface area contributed by atoms with Gasteiger partial charge in [-0.3, -0.25) is 19.3 Å². The molecule has 2 aromatic carbocycles. The Morgan fingerprint density at radius 1 is 0.820 bits per heavy atom. The number of carbonyl (C=O) groups is 2. The van der Waals surface area contributed by atoms with E-state index in [0.29, 0.717) is 93.4 Å². The van der Waals surface area contributed by atoms with Crippen LogP contribution in [0.5, 0.6) is 6.01 Å². The Hall–Kier alpha value is -9.76. The first-order chi connectivity index (χ1) is 43.2. The van der Waals surface area contributed by atoms with Gasteiger partial charge in [-0.25, -0.2) is 48.3 Å². The Labute approximate surface area is 512 Å². The number of fused-ring (bicyclic) bond motifs is 2. The van der Waals surface area contributed by atoms with E-state index in [1.165, 1.54) is 42.9 Å². The maximum absolute atomic E-state index is 15.5. The van der Waals surface area contributed by atoms with E-state index >= 15 is 4.39 Å². The summed E-state index contributed by atoms with van der Waals surface area (Å²) in [4.78, 5) is 72.9. The molecule has 0 aliphatic rings. The molecule has 1 amide bonds. The lowest BCUT2D eigenvalue weighted by Crippen LogP contribution is -2.41. The van der Waals surface area contributed by atoms with Gasteiger partial charge in [0.15, 0.2) is 22.7 Å². The third kappa shape index (κ3) is 17.9. The molecule has 89 heavy (non-hydrogen) atoms. The summed E-state index contributed by atoms with van der Waals surface area (Å²) in [6, 6.07) is 10.1. The lowest BCUT2D eigenvalue weighted by molar-refractivity contribution is -0.139. The number of aromatic amines is 1. The number of H-pyrrole nitrogens is 1. The van der Waals surface area contributed by atoms with Gasteiger partial charge in [0, 0.05) is 67.5 Å². The second-order valence-corrected chi connectivity index (χ2v) is 20.7. The van der Waals surface area contributed by atoms with Crippen LogP contribution in [0.3, 0.4) is 0 Å². The van der Waals surface area contributed by atoms with Crippen molar-refractivity contribution in [3.8, 4) is 17.3 Å². The van der Waals surface area contributed by atoms with Crippen molar-refractivity contribution in [1.29, 1.82) is 0 Å². The number of anilines is 3. The van der Waals surface area contributed by atoms with E-state index in [0.717, 1.165) is 44.2 Å². The summed E-state index contributed by atoms with van der Waals surface area (Å²) in [5.74, 6) is -2.41. The maximum atomic E-state index is 15.5. The van der Waals surface area contributed by atoms with Crippen LogP contribution < -0.4 is 32.0 Å². The number of rotatable bonds is 34. The summed E-state index contributed by atoms with van der Waals surface area (Å²) in [5.41, 5.74) is 9.61. The summed E-state index contributed by atoms with van der Waals surface area (Å²) in [6.45, 7) is 14.5. The van der Waals surface area contributed by atoms with E-state index < -0.39 is 41.2 Å². The van der Waals surface area contributed by atoms with Crippen LogP contribution >= 0.6 is 11.6 Å². The SMILES string of the molecule is [C-]#[N+]c1ccc(F)c([C@@H](C)Nc2c(Cl)c(C)nc3cc(F)c(-c4cnc(OCCCCCn5cc(CCCCOCCOCCOCCc6nnc(CC[C@H](NC(=O)c7ccc(NCc8cnc9nc(N)[nH]c(=O)c9n8)cc7)C(=O)O)o6)nn5)nc4)nc23)c1. The van der Waals surface area contributed by atoms with Crippen molar-refractivity contribution in [2.45, 2.75) is 96.8 Å². The summed E-state index contributed by atoms with van der Waals surface area (Å²) in [6.07, 6.45) is 11.8. The number of carbonyl (C=O) groups excluding carboxylic acids is 1. The molecule has 7 N–H and O–H groups in total. The fourth-order valence-corrected chi connectivity index (χ4v) is 9.26. The molecule has 0 fully saturated rings. The van der Waals surface area contributed by atoms with Gasteiger partial charge in [0.05, 0.1) is 98.3 Å². The van der Waals surface area contributed by atoms with Crippen molar-refractivity contribution in [3.05, 3.63) is 152 Å². The minimum atomic E-state index is -1.21. The normalized spacial score (nSPS) is 12.0. The number of aliphatic carboxylic acids is 1. The maximum Gasteiger partial charge on any atom is 0.326 e. The number of pyridine rings is 2. The quantitative estimate of drug-likeness (QED) is 0.0165. The summed E-state index contributed by atoms with van der Waals surface area (Å²) < 4.78 is 60.6. The van der Waals surface area contributed by atoms with Crippen LogP contribution in [-0.4, -0.2) is 134 Å². The van der Waals surface area contributed by atoms with E-state index in [4.69, 9.17) is 47.3 Å². The third-order valence-corrected chi connectivity index (χ3v) is 14.2. The molecule has 0 radical (unpaired) electrons. The second kappa shape index (κ2) is 31.2. The topological polar surface area (TPSA) is 350 Å². The molecule has 0 aliphatic heterocycles. The smallest absolute Gasteiger partial charge is 0.326 e. The van der Waals surface area contributed by atoms with E-state index in [2.05, 4.69) is 81.2 Å². The average Bonchev–Trinajstić information content (AvgIpc) is 1.95. The summed E-state index contributed by atoms with van der Waals surface area (Å²) in [5, 5.41) is 35.6. The zero-order valence-corrected chi connectivity index (χ0v) is 49.3. The Morgan fingerprint density at radius 2 is 1.56 bits per heavy atom. The predicted octanol–water partition coefficient (Wildman–Crippen LogP) is 7.93. The fraction of sp³-hybridized carbons (Fsp3) is 0.373. The first-order valence-corrected chi connectivity index (χ1v) is 28.9. The number of halogens is 3. The van der Waals surface area contributed by atoms with Crippen molar-refractivity contribution in [2.24, 2.45) is 0 Å². The minimum absolute atomic E-state index is 0.0144. The van der Waals surface area contributed by atoms with Gasteiger partial charge in [0.1, 0.15) is 23.1 Å². The number of carboxylic acid groups (broad SMARTS) is 1. The molecule has 0 saturated heterocycles. The van der Waals surface area contributed by atoms with Gasteiger partial charge in [-0.05, 0) is 101 Å². The van der Waals surface area contributed by atoms with Gasteiger partial charge in [-0.15, -0.1) is 15.3 Å². The highest BCUT2D eigenvalue weighted by atomic mass is 35.5. The number of unbranched alkanes of at least 4 members (excludes halogenated alkanes) is 3. The number of amides is 1. The van der Waals surface area contributed by atoms with Crippen LogP contribution in [0.15, 0.2) is 82.5 Å². The molecule has 0 aliphatic carbocycles. The lowest BCUT2D eigenvalue weighted by atomic mass is 10.1. The minimum Gasteiger partial charge on any atom is -0.480 e. The number of hydrogen-bond donors (Lipinski definition) is 6. The third-order valence-electron chi connectivity index (χ3n) is 13.7. The Bertz CT molecular complexity index is 3980. The predicted molar refractivity (Wildman–Crippen MR) is 321 cm³/mol. The molecule has 0 unspecified atom stereocenters. The zero-order chi connectivity index (χ0) is 62.7. The molecule has 30 heteroatoms. The zero-order valence-electron chi connectivity index (χ0n) is 48.5. The molecule has 7 heterocycles. The molecular weight excluding hydrogens is 1180 g/mol. The average molecular weight is 1240 g/mol. The van der Waals surface area contributed by atoms with Gasteiger partial charge in [-0.1, -0.05) is 22.9 Å². The van der Waals surface area contributed by atoms with E-state index in [-0.39, 0.29) is 87.0 Å². The van der Waals surface area contributed by atoms with Gasteiger partial charge < -0.3 is 50.2 Å². The van der Waals surface area contributed by atoms with E-state index in [1.807, 2.05) is 10.9 Å². The van der Waals surface area contributed by atoms with Crippen molar-refractivity contribution in [2.75, 3.05) is 62.6 Å². The van der Waals surface area contributed by atoms with Gasteiger partial charge >= 0.3 is 12.0 Å². The molecule has 2 atom stereocenters. The van der Waals surface area contributed by atoms with E-state index in [9.17, 15) is 23.9 Å². The molecule has 9 aromatic rings. The highest BCUT2D eigenvalue weighted by Gasteiger charge is 2.24. The van der Waals surface area contributed by atoms with Gasteiger partial charge in [0.25, 0.3) is 11.5 Å². The van der Waals surface area contributed by atoms with E-state index in [1.54, 1.807) is 38.1 Å². The number of carboxylic acids is 1. The number of aromatic nitrogens is 13. The monoisotopic (exact) mass is 1240 g/mol. The van der Waals surface area contributed by atoms with Gasteiger partial charge in [0.2, 0.25) is 17.7 Å². The van der Waals surface area contributed by atoms with Crippen molar-refractivity contribution in [1.82, 2.24) is 70.4 Å². The van der Waals surface area contributed by atoms with Crippen LogP contribution in [0.2, 0.25) is 5.02 Å². The molecule has 27 nitrogen and oxygen atoms in total. The Kier molecular flexibility index (Phi) is 22.4.